The Balaban J connectivity index is 2.22. The maximum Gasteiger partial charge on any atom is 0.411 e. The maximum atomic E-state index is 12.2. The van der Waals surface area contributed by atoms with Crippen LogP contribution in [0.15, 0.2) is 0 Å². The zero-order valence-electron chi connectivity index (χ0n) is 11.6. The first-order valence-electron chi connectivity index (χ1n) is 6.60. The summed E-state index contributed by atoms with van der Waals surface area (Å²) in [5.74, 6) is -0.966. The molecule has 2 bridgehead atoms. The number of hydrogen-bond donors (Lipinski definition) is 1. The number of likely N-dealkylation sites (tertiary alicyclic amines) is 1. The van der Waals surface area contributed by atoms with Gasteiger partial charge in [-0.1, -0.05) is 0 Å². The molecule has 2 aliphatic rings. The van der Waals surface area contributed by atoms with Crippen LogP contribution >= 0.6 is 0 Å². The van der Waals surface area contributed by atoms with Crippen LogP contribution in [-0.2, 0) is 14.3 Å². The van der Waals surface area contributed by atoms with Crippen LogP contribution in [0, 0.1) is 0 Å². The third-order valence-corrected chi connectivity index (χ3v) is 3.64. The summed E-state index contributed by atoms with van der Waals surface area (Å²) in [6.45, 7) is 6.06. The molecule has 2 heterocycles. The van der Waals surface area contributed by atoms with Crippen molar-refractivity contribution in [2.75, 3.05) is 13.2 Å². The molecule has 0 aliphatic carbocycles. The van der Waals surface area contributed by atoms with Gasteiger partial charge in [0.1, 0.15) is 11.1 Å². The molecule has 2 fully saturated rings. The van der Waals surface area contributed by atoms with Crippen molar-refractivity contribution < 1.29 is 24.2 Å². The molecule has 6 nitrogen and oxygen atoms in total. The summed E-state index contributed by atoms with van der Waals surface area (Å²) < 4.78 is 10.8. The van der Waals surface area contributed by atoms with E-state index in [4.69, 9.17) is 9.47 Å². The van der Waals surface area contributed by atoms with Gasteiger partial charge in [0, 0.05) is 26.0 Å². The molecule has 2 aliphatic heterocycles. The van der Waals surface area contributed by atoms with E-state index in [1.807, 2.05) is 0 Å². The number of carboxylic acids is 1. The molecule has 0 radical (unpaired) electrons. The normalized spacial score (nSPS) is 30.9. The van der Waals surface area contributed by atoms with Gasteiger partial charge < -0.3 is 14.6 Å². The van der Waals surface area contributed by atoms with Gasteiger partial charge in [-0.3, -0.25) is 4.90 Å². The highest BCUT2D eigenvalue weighted by Gasteiger charge is 2.54. The Kier molecular flexibility index (Phi) is 3.47. The molecule has 0 aromatic carbocycles. The fourth-order valence-corrected chi connectivity index (χ4v) is 2.74. The van der Waals surface area contributed by atoms with Gasteiger partial charge in [-0.2, -0.15) is 0 Å². The average Bonchev–Trinajstić information content (AvgIpc) is 2.26. The van der Waals surface area contributed by atoms with Crippen molar-refractivity contribution in [1.29, 1.82) is 0 Å². The second-order valence-electron chi connectivity index (χ2n) is 6.20. The van der Waals surface area contributed by atoms with E-state index in [0.29, 0.717) is 32.4 Å². The molecule has 2 saturated heterocycles. The number of ether oxygens (including phenoxy) is 2. The topological polar surface area (TPSA) is 76.1 Å². The van der Waals surface area contributed by atoms with Crippen molar-refractivity contribution in [3.63, 3.8) is 0 Å². The molecular formula is C13H21NO5. The van der Waals surface area contributed by atoms with Crippen molar-refractivity contribution in [3.8, 4) is 0 Å². The van der Waals surface area contributed by atoms with Crippen LogP contribution < -0.4 is 0 Å². The molecule has 0 spiro atoms. The Bertz CT molecular complexity index is 389. The average molecular weight is 271 g/mol. The summed E-state index contributed by atoms with van der Waals surface area (Å²) in [5, 5.41) is 9.55. The number of aliphatic carboxylic acids is 1. The monoisotopic (exact) mass is 271 g/mol. The minimum atomic E-state index is -1.16. The van der Waals surface area contributed by atoms with Crippen LogP contribution in [0.3, 0.4) is 0 Å². The second kappa shape index (κ2) is 4.67. The first kappa shape index (κ1) is 14.1. The van der Waals surface area contributed by atoms with Crippen LogP contribution in [0.25, 0.3) is 0 Å². The van der Waals surface area contributed by atoms with E-state index in [0.717, 1.165) is 0 Å². The van der Waals surface area contributed by atoms with Crippen LogP contribution in [0.2, 0.25) is 0 Å². The number of carbonyl (C=O) groups excluding carboxylic acids is 1. The molecule has 108 valence electrons. The number of piperidine rings is 1. The van der Waals surface area contributed by atoms with Gasteiger partial charge in [-0.15, -0.1) is 0 Å². The molecule has 2 atom stereocenters. The predicted octanol–water partition coefficient (Wildman–Crippen LogP) is 1.63. The zero-order chi connectivity index (χ0) is 14.3. The van der Waals surface area contributed by atoms with E-state index in [-0.39, 0.29) is 6.10 Å². The van der Waals surface area contributed by atoms with Crippen molar-refractivity contribution in [2.24, 2.45) is 0 Å². The Morgan fingerprint density at radius 3 is 2.68 bits per heavy atom. The summed E-state index contributed by atoms with van der Waals surface area (Å²) in [6, 6.07) is 0. The number of fused-ring (bicyclic) bond motifs is 2. The number of carbonyl (C=O) groups is 2. The van der Waals surface area contributed by atoms with Crippen molar-refractivity contribution in [2.45, 2.75) is 57.3 Å². The Labute approximate surface area is 112 Å². The predicted molar refractivity (Wildman–Crippen MR) is 66.9 cm³/mol. The number of hydrogen-bond acceptors (Lipinski definition) is 4. The number of amides is 1. The van der Waals surface area contributed by atoms with Gasteiger partial charge in [-0.05, 0) is 27.2 Å². The van der Waals surface area contributed by atoms with Crippen LogP contribution in [-0.4, -0.2) is 52.5 Å². The van der Waals surface area contributed by atoms with Gasteiger partial charge in [0.05, 0.1) is 6.10 Å². The van der Waals surface area contributed by atoms with E-state index in [1.54, 1.807) is 20.8 Å². The molecule has 6 heteroatoms. The van der Waals surface area contributed by atoms with Gasteiger partial charge in [0.15, 0.2) is 0 Å². The van der Waals surface area contributed by atoms with E-state index >= 15 is 0 Å². The van der Waals surface area contributed by atoms with Crippen LogP contribution in [0.4, 0.5) is 4.79 Å². The molecule has 2 rings (SSSR count). The lowest BCUT2D eigenvalue weighted by atomic mass is 9.80. The van der Waals surface area contributed by atoms with E-state index in [1.165, 1.54) is 4.90 Å². The van der Waals surface area contributed by atoms with Crippen LogP contribution in [0.1, 0.15) is 40.0 Å². The van der Waals surface area contributed by atoms with Crippen molar-refractivity contribution in [1.82, 2.24) is 4.90 Å². The van der Waals surface area contributed by atoms with Crippen LogP contribution in [0.5, 0.6) is 0 Å². The third-order valence-electron chi connectivity index (χ3n) is 3.64. The largest absolute Gasteiger partial charge is 0.479 e. The van der Waals surface area contributed by atoms with Crippen molar-refractivity contribution >= 4 is 12.1 Å². The lowest BCUT2D eigenvalue weighted by molar-refractivity contribution is -0.170. The van der Waals surface area contributed by atoms with Gasteiger partial charge in [-0.25, -0.2) is 9.59 Å². The van der Waals surface area contributed by atoms with E-state index in [9.17, 15) is 14.7 Å². The summed E-state index contributed by atoms with van der Waals surface area (Å²) in [5.41, 5.74) is -1.79. The number of carboxylic acid groups (broad SMARTS) is 1. The molecule has 0 saturated carbocycles. The Morgan fingerprint density at radius 1 is 1.42 bits per heavy atom. The summed E-state index contributed by atoms with van der Waals surface area (Å²) in [7, 11) is 0. The quantitative estimate of drug-likeness (QED) is 0.784. The van der Waals surface area contributed by atoms with E-state index in [2.05, 4.69) is 0 Å². The summed E-state index contributed by atoms with van der Waals surface area (Å²) in [4.78, 5) is 25.3. The first-order chi connectivity index (χ1) is 8.74. The highest BCUT2D eigenvalue weighted by molar-refractivity contribution is 5.85. The summed E-state index contributed by atoms with van der Waals surface area (Å²) >= 11 is 0. The van der Waals surface area contributed by atoms with Gasteiger partial charge in [0.2, 0.25) is 0 Å². The minimum Gasteiger partial charge on any atom is -0.479 e. The number of nitrogens with zero attached hydrogens (tertiary/aromatic N) is 1. The second-order valence-corrected chi connectivity index (χ2v) is 6.20. The lowest BCUT2D eigenvalue weighted by Gasteiger charge is -2.49. The van der Waals surface area contributed by atoms with E-state index < -0.39 is 23.2 Å². The fraction of sp³-hybridized carbons (Fsp3) is 0.846. The maximum absolute atomic E-state index is 12.2. The molecule has 0 aromatic heterocycles. The molecule has 0 aromatic rings. The lowest BCUT2D eigenvalue weighted by Crippen LogP contribution is -2.65. The SMILES string of the molecule is CC(C)(C)OC(=O)N1CCC2CC1(C(=O)O)CCO2. The molecule has 19 heavy (non-hydrogen) atoms. The molecular weight excluding hydrogens is 250 g/mol. The highest BCUT2D eigenvalue weighted by Crippen LogP contribution is 2.37. The Morgan fingerprint density at radius 2 is 2.11 bits per heavy atom. The molecule has 2 unspecified atom stereocenters. The molecule has 1 N–H and O–H groups in total. The summed E-state index contributed by atoms with van der Waals surface area (Å²) in [6.07, 6.45) is 0.715. The van der Waals surface area contributed by atoms with Crippen molar-refractivity contribution in [3.05, 3.63) is 0 Å². The van der Waals surface area contributed by atoms with Gasteiger partial charge >= 0.3 is 12.1 Å². The highest BCUT2D eigenvalue weighted by atomic mass is 16.6. The number of rotatable bonds is 1. The standard InChI is InChI=1S/C13H21NO5/c1-12(2,3)19-11(17)14-6-4-9-8-13(14,10(15)16)5-7-18-9/h9H,4-8H2,1-3H3,(H,15,16). The Hall–Kier alpha value is -1.30. The smallest absolute Gasteiger partial charge is 0.411 e. The fourth-order valence-electron chi connectivity index (χ4n) is 2.74. The van der Waals surface area contributed by atoms with Gasteiger partial charge in [0.25, 0.3) is 0 Å². The zero-order valence-corrected chi connectivity index (χ0v) is 11.6. The first-order valence-corrected chi connectivity index (χ1v) is 6.60. The minimum absolute atomic E-state index is 0.0662. The molecule has 1 amide bonds. The third kappa shape index (κ3) is 2.68.